The highest BCUT2D eigenvalue weighted by Crippen LogP contribution is 2.14. The van der Waals surface area contributed by atoms with Crippen molar-refractivity contribution in [2.75, 3.05) is 13.1 Å². The molecular weight excluding hydrogens is 214 g/mol. The first kappa shape index (κ1) is 12.0. The molecule has 0 spiro atoms. The first-order chi connectivity index (χ1) is 8.09. The summed E-state index contributed by atoms with van der Waals surface area (Å²) in [6.45, 7) is 7.78. The Hall–Kier alpha value is -1.42. The van der Waals surface area contributed by atoms with Crippen LogP contribution in [0, 0.1) is 6.92 Å². The Labute approximate surface area is 102 Å². The SMILES string of the molecule is Cc1ccc(C(=O)N2C(C)CNCC2C)cn1. The molecule has 2 atom stereocenters. The number of amides is 1. The quantitative estimate of drug-likeness (QED) is 0.793. The van der Waals surface area contributed by atoms with Crippen molar-refractivity contribution in [2.24, 2.45) is 0 Å². The third-order valence-electron chi connectivity index (χ3n) is 3.22. The summed E-state index contributed by atoms with van der Waals surface area (Å²) in [5.41, 5.74) is 1.61. The van der Waals surface area contributed by atoms with Crippen LogP contribution in [0.15, 0.2) is 18.3 Å². The molecule has 2 rings (SSSR count). The fourth-order valence-corrected chi connectivity index (χ4v) is 2.28. The highest BCUT2D eigenvalue weighted by atomic mass is 16.2. The molecular formula is C13H19N3O. The number of pyridine rings is 1. The summed E-state index contributed by atoms with van der Waals surface area (Å²) >= 11 is 0. The molecule has 0 aliphatic carbocycles. The van der Waals surface area contributed by atoms with Crippen molar-refractivity contribution < 1.29 is 4.79 Å². The molecule has 1 aliphatic rings. The van der Waals surface area contributed by atoms with Gasteiger partial charge >= 0.3 is 0 Å². The van der Waals surface area contributed by atoms with Crippen molar-refractivity contribution in [1.82, 2.24) is 15.2 Å². The van der Waals surface area contributed by atoms with Crippen LogP contribution in [0.25, 0.3) is 0 Å². The van der Waals surface area contributed by atoms with Crippen LogP contribution in [0.4, 0.5) is 0 Å². The third kappa shape index (κ3) is 2.47. The molecule has 17 heavy (non-hydrogen) atoms. The summed E-state index contributed by atoms with van der Waals surface area (Å²) in [6, 6.07) is 4.19. The van der Waals surface area contributed by atoms with Gasteiger partial charge in [0, 0.05) is 37.1 Å². The van der Waals surface area contributed by atoms with Crippen LogP contribution < -0.4 is 5.32 Å². The van der Waals surface area contributed by atoms with Crippen LogP contribution in [0.2, 0.25) is 0 Å². The Balaban J connectivity index is 2.20. The molecule has 2 heterocycles. The zero-order valence-electron chi connectivity index (χ0n) is 10.6. The Bertz CT molecular complexity index is 392. The zero-order valence-corrected chi connectivity index (χ0v) is 10.6. The topological polar surface area (TPSA) is 45.2 Å². The Morgan fingerprint density at radius 2 is 2.00 bits per heavy atom. The number of carbonyl (C=O) groups excluding carboxylic acids is 1. The molecule has 1 saturated heterocycles. The van der Waals surface area contributed by atoms with E-state index in [1.165, 1.54) is 0 Å². The molecule has 1 amide bonds. The van der Waals surface area contributed by atoms with Gasteiger partial charge in [-0.3, -0.25) is 9.78 Å². The predicted octanol–water partition coefficient (Wildman–Crippen LogP) is 1.21. The molecule has 92 valence electrons. The average molecular weight is 233 g/mol. The van der Waals surface area contributed by atoms with E-state index in [-0.39, 0.29) is 18.0 Å². The number of piperazine rings is 1. The Kier molecular flexibility index (Phi) is 3.43. The van der Waals surface area contributed by atoms with Gasteiger partial charge in [0.15, 0.2) is 0 Å². The van der Waals surface area contributed by atoms with Crippen LogP contribution in [0.5, 0.6) is 0 Å². The minimum Gasteiger partial charge on any atom is -0.331 e. The molecule has 1 N–H and O–H groups in total. The number of nitrogens with one attached hydrogen (secondary N) is 1. The van der Waals surface area contributed by atoms with Gasteiger partial charge in [-0.1, -0.05) is 0 Å². The summed E-state index contributed by atoms with van der Waals surface area (Å²) in [5.74, 6) is 0.0824. The van der Waals surface area contributed by atoms with E-state index in [2.05, 4.69) is 24.1 Å². The second-order valence-corrected chi connectivity index (χ2v) is 4.76. The fourth-order valence-electron chi connectivity index (χ4n) is 2.28. The van der Waals surface area contributed by atoms with Crippen molar-refractivity contribution in [3.63, 3.8) is 0 Å². The van der Waals surface area contributed by atoms with Crippen LogP contribution in [-0.4, -0.2) is 41.0 Å². The summed E-state index contributed by atoms with van der Waals surface area (Å²) in [5, 5.41) is 3.32. The molecule has 4 nitrogen and oxygen atoms in total. The fraction of sp³-hybridized carbons (Fsp3) is 0.538. The maximum atomic E-state index is 12.4. The highest BCUT2D eigenvalue weighted by molar-refractivity contribution is 5.94. The van der Waals surface area contributed by atoms with Gasteiger partial charge in [0.2, 0.25) is 0 Å². The van der Waals surface area contributed by atoms with Crippen LogP contribution in [-0.2, 0) is 0 Å². The van der Waals surface area contributed by atoms with E-state index in [0.29, 0.717) is 5.56 Å². The lowest BCUT2D eigenvalue weighted by Gasteiger charge is -2.39. The van der Waals surface area contributed by atoms with Gasteiger partial charge in [-0.15, -0.1) is 0 Å². The second kappa shape index (κ2) is 4.84. The second-order valence-electron chi connectivity index (χ2n) is 4.76. The third-order valence-corrected chi connectivity index (χ3v) is 3.22. The van der Waals surface area contributed by atoms with E-state index in [0.717, 1.165) is 18.8 Å². The van der Waals surface area contributed by atoms with Crippen molar-refractivity contribution in [2.45, 2.75) is 32.9 Å². The van der Waals surface area contributed by atoms with E-state index in [1.807, 2.05) is 24.0 Å². The lowest BCUT2D eigenvalue weighted by Crippen LogP contribution is -2.57. The molecule has 1 fully saturated rings. The van der Waals surface area contributed by atoms with Crippen molar-refractivity contribution in [3.8, 4) is 0 Å². The van der Waals surface area contributed by atoms with Gasteiger partial charge in [-0.05, 0) is 32.9 Å². The van der Waals surface area contributed by atoms with Crippen molar-refractivity contribution >= 4 is 5.91 Å². The van der Waals surface area contributed by atoms with Gasteiger partial charge in [0.05, 0.1) is 5.56 Å². The molecule has 0 saturated carbocycles. The summed E-state index contributed by atoms with van der Waals surface area (Å²) < 4.78 is 0. The Morgan fingerprint density at radius 3 is 2.53 bits per heavy atom. The average Bonchev–Trinajstić information content (AvgIpc) is 2.29. The van der Waals surface area contributed by atoms with Gasteiger partial charge < -0.3 is 10.2 Å². The molecule has 0 bridgehead atoms. The lowest BCUT2D eigenvalue weighted by atomic mass is 10.1. The number of hydrogen-bond donors (Lipinski definition) is 1. The van der Waals surface area contributed by atoms with E-state index >= 15 is 0 Å². The van der Waals surface area contributed by atoms with E-state index in [4.69, 9.17) is 0 Å². The number of aryl methyl sites for hydroxylation is 1. The van der Waals surface area contributed by atoms with Crippen LogP contribution in [0.3, 0.4) is 0 Å². The lowest BCUT2D eigenvalue weighted by molar-refractivity contribution is 0.0544. The monoisotopic (exact) mass is 233 g/mol. The highest BCUT2D eigenvalue weighted by Gasteiger charge is 2.29. The molecule has 1 aromatic rings. The van der Waals surface area contributed by atoms with Crippen LogP contribution in [0.1, 0.15) is 29.9 Å². The van der Waals surface area contributed by atoms with Crippen molar-refractivity contribution in [1.29, 1.82) is 0 Å². The van der Waals surface area contributed by atoms with E-state index < -0.39 is 0 Å². The number of nitrogens with zero attached hydrogens (tertiary/aromatic N) is 2. The van der Waals surface area contributed by atoms with E-state index in [1.54, 1.807) is 6.20 Å². The number of rotatable bonds is 1. The minimum absolute atomic E-state index is 0.0824. The number of hydrogen-bond acceptors (Lipinski definition) is 3. The van der Waals surface area contributed by atoms with Gasteiger partial charge in [-0.2, -0.15) is 0 Å². The number of aromatic nitrogens is 1. The Morgan fingerprint density at radius 1 is 1.35 bits per heavy atom. The maximum absolute atomic E-state index is 12.4. The number of carbonyl (C=O) groups is 1. The van der Waals surface area contributed by atoms with Crippen molar-refractivity contribution in [3.05, 3.63) is 29.6 Å². The van der Waals surface area contributed by atoms with Gasteiger partial charge in [-0.25, -0.2) is 0 Å². The summed E-state index contributed by atoms with van der Waals surface area (Å²) in [7, 11) is 0. The molecule has 2 unspecified atom stereocenters. The van der Waals surface area contributed by atoms with Gasteiger partial charge in [0.25, 0.3) is 5.91 Å². The summed E-state index contributed by atoms with van der Waals surface area (Å²) in [6.07, 6.45) is 1.67. The standard InChI is InChI=1S/C13H19N3O/c1-9-4-5-12(8-15-9)13(17)16-10(2)6-14-7-11(16)3/h4-5,8,10-11,14H,6-7H2,1-3H3. The normalized spacial score (nSPS) is 24.8. The zero-order chi connectivity index (χ0) is 12.4. The summed E-state index contributed by atoms with van der Waals surface area (Å²) in [4.78, 5) is 18.5. The molecule has 1 aliphatic heterocycles. The first-order valence-corrected chi connectivity index (χ1v) is 6.05. The van der Waals surface area contributed by atoms with E-state index in [9.17, 15) is 4.79 Å². The largest absolute Gasteiger partial charge is 0.331 e. The molecule has 0 aromatic carbocycles. The molecule has 0 radical (unpaired) electrons. The maximum Gasteiger partial charge on any atom is 0.255 e. The first-order valence-electron chi connectivity index (χ1n) is 6.05. The van der Waals surface area contributed by atoms with Crippen LogP contribution >= 0.6 is 0 Å². The smallest absolute Gasteiger partial charge is 0.255 e. The minimum atomic E-state index is 0.0824. The van der Waals surface area contributed by atoms with Gasteiger partial charge in [0.1, 0.15) is 0 Å². The molecule has 4 heteroatoms. The predicted molar refractivity (Wildman–Crippen MR) is 66.9 cm³/mol. The molecule has 1 aromatic heterocycles.